The molecule has 0 N–H and O–H groups in total. The summed E-state index contributed by atoms with van der Waals surface area (Å²) in [6, 6.07) is 57.3. The zero-order valence-electron chi connectivity index (χ0n) is 26.8. The third kappa shape index (κ3) is 4.49. The van der Waals surface area contributed by atoms with Crippen molar-refractivity contribution in [2.24, 2.45) is 0 Å². The van der Waals surface area contributed by atoms with Crippen LogP contribution >= 0.6 is 0 Å². The van der Waals surface area contributed by atoms with E-state index in [9.17, 15) is 5.26 Å². The number of furan rings is 1. The van der Waals surface area contributed by atoms with E-state index in [0.29, 0.717) is 5.56 Å². The SMILES string of the molecule is N#Cc1ccc(N(c2ccc(-c3cc4ccc5cc(-c6ccc7c(c6)oc6ccccc67)cc6ccc(c3)c4c56)cc2)c2ccccn2)cc1. The third-order valence-electron chi connectivity index (χ3n) is 9.84. The van der Waals surface area contributed by atoms with Gasteiger partial charge in [0.15, 0.2) is 0 Å². The molecule has 0 amide bonds. The first-order valence-electron chi connectivity index (χ1n) is 16.7. The number of fused-ring (bicyclic) bond motifs is 3. The number of nitrogens with zero attached hydrogens (tertiary/aromatic N) is 3. The van der Waals surface area contributed by atoms with Crippen molar-refractivity contribution in [2.45, 2.75) is 0 Å². The molecule has 0 saturated heterocycles. The molecule has 0 saturated carbocycles. The summed E-state index contributed by atoms with van der Waals surface area (Å²) in [7, 11) is 0. The lowest BCUT2D eigenvalue weighted by Crippen LogP contribution is -2.11. The maximum Gasteiger partial charge on any atom is 0.137 e. The van der Waals surface area contributed by atoms with Gasteiger partial charge in [0.2, 0.25) is 0 Å². The third-order valence-corrected chi connectivity index (χ3v) is 9.84. The first kappa shape index (κ1) is 28.1. The number of pyridine rings is 1. The summed E-state index contributed by atoms with van der Waals surface area (Å²) in [5.74, 6) is 0.811. The van der Waals surface area contributed by atoms with Gasteiger partial charge in [0.05, 0.1) is 11.6 Å². The van der Waals surface area contributed by atoms with Gasteiger partial charge in [0, 0.05) is 28.3 Å². The van der Waals surface area contributed by atoms with E-state index in [-0.39, 0.29) is 0 Å². The summed E-state index contributed by atoms with van der Waals surface area (Å²) in [5, 5.41) is 19.1. The van der Waals surface area contributed by atoms with Crippen LogP contribution in [0.5, 0.6) is 0 Å². The Morgan fingerprint density at radius 2 is 1.04 bits per heavy atom. The average molecular weight is 638 g/mol. The van der Waals surface area contributed by atoms with Gasteiger partial charge in [-0.15, -0.1) is 0 Å². The van der Waals surface area contributed by atoms with Crippen molar-refractivity contribution in [3.63, 3.8) is 0 Å². The molecule has 0 atom stereocenters. The molecular weight excluding hydrogens is 611 g/mol. The van der Waals surface area contributed by atoms with Crippen molar-refractivity contribution in [3.05, 3.63) is 169 Å². The fourth-order valence-electron chi connectivity index (χ4n) is 7.46. The summed E-state index contributed by atoms with van der Waals surface area (Å²) in [5.41, 5.74) is 9.03. The molecule has 0 unspecified atom stereocenters. The lowest BCUT2D eigenvalue weighted by molar-refractivity contribution is 0.669. The first-order valence-corrected chi connectivity index (χ1v) is 16.7. The van der Waals surface area contributed by atoms with Gasteiger partial charge in [-0.2, -0.15) is 5.26 Å². The van der Waals surface area contributed by atoms with E-state index in [4.69, 9.17) is 4.42 Å². The van der Waals surface area contributed by atoms with Crippen molar-refractivity contribution < 1.29 is 4.42 Å². The maximum atomic E-state index is 9.32. The molecule has 10 aromatic rings. The summed E-state index contributed by atoms with van der Waals surface area (Å²) >= 11 is 0. The predicted molar refractivity (Wildman–Crippen MR) is 205 cm³/mol. The molecular formula is C46H27N3O. The van der Waals surface area contributed by atoms with Crippen LogP contribution in [0.1, 0.15) is 5.56 Å². The minimum atomic E-state index is 0.625. The number of rotatable bonds is 5. The smallest absolute Gasteiger partial charge is 0.137 e. The fraction of sp³-hybridized carbons (Fsp3) is 0. The van der Waals surface area contributed by atoms with E-state index in [2.05, 4.69) is 119 Å². The van der Waals surface area contributed by atoms with Crippen molar-refractivity contribution in [3.8, 4) is 28.3 Å². The Balaban J connectivity index is 1.03. The topological polar surface area (TPSA) is 53.1 Å². The maximum absolute atomic E-state index is 9.32. The minimum absolute atomic E-state index is 0.625. The Bertz CT molecular complexity index is 2850. The molecule has 4 nitrogen and oxygen atoms in total. The Kier molecular flexibility index (Phi) is 6.21. The summed E-state index contributed by atoms with van der Waals surface area (Å²) < 4.78 is 6.21. The molecule has 0 fully saturated rings. The Morgan fingerprint density at radius 1 is 0.480 bits per heavy atom. The van der Waals surface area contributed by atoms with Gasteiger partial charge in [0.1, 0.15) is 17.0 Å². The zero-order chi connectivity index (χ0) is 33.2. The second-order valence-electron chi connectivity index (χ2n) is 12.8. The van der Waals surface area contributed by atoms with Crippen molar-refractivity contribution in [1.82, 2.24) is 4.98 Å². The molecule has 232 valence electrons. The number of anilines is 3. The predicted octanol–water partition coefficient (Wildman–Crippen LogP) is 12.6. The summed E-state index contributed by atoms with van der Waals surface area (Å²) in [4.78, 5) is 6.74. The highest BCUT2D eigenvalue weighted by Gasteiger charge is 2.16. The molecule has 2 aromatic heterocycles. The second kappa shape index (κ2) is 11.1. The highest BCUT2D eigenvalue weighted by Crippen LogP contribution is 2.41. The largest absolute Gasteiger partial charge is 0.456 e. The molecule has 0 bridgehead atoms. The standard InChI is InChI=1S/C46H27N3O/c47-28-29-8-17-38(18-9-29)49(44-7-3-4-22-48-44)39-19-14-30(15-20-39)36-23-32-10-12-34-25-37(26-35-13-11-33(24-36)45(32)46(34)35)31-16-21-41-40-5-1-2-6-42(40)50-43(41)27-31/h1-27H. The van der Waals surface area contributed by atoms with Crippen LogP contribution < -0.4 is 4.90 Å². The molecule has 50 heavy (non-hydrogen) atoms. The van der Waals surface area contributed by atoms with Crippen LogP contribution in [0.2, 0.25) is 0 Å². The number of nitriles is 1. The van der Waals surface area contributed by atoms with Gasteiger partial charge >= 0.3 is 0 Å². The average Bonchev–Trinajstić information content (AvgIpc) is 3.56. The Hall–Kier alpha value is -6.96. The van der Waals surface area contributed by atoms with Crippen molar-refractivity contribution in [1.29, 1.82) is 5.26 Å². The lowest BCUT2D eigenvalue weighted by Gasteiger charge is -2.24. The van der Waals surface area contributed by atoms with Gasteiger partial charge in [-0.3, -0.25) is 4.90 Å². The summed E-state index contributed by atoms with van der Waals surface area (Å²) in [6.07, 6.45) is 1.80. The number of hydrogen-bond donors (Lipinski definition) is 0. The molecule has 0 aliphatic heterocycles. The van der Waals surface area contributed by atoms with Gasteiger partial charge < -0.3 is 4.42 Å². The number of benzene rings is 8. The van der Waals surface area contributed by atoms with Gasteiger partial charge in [-0.05, 0) is 146 Å². The van der Waals surface area contributed by atoms with Crippen LogP contribution in [0.3, 0.4) is 0 Å². The lowest BCUT2D eigenvalue weighted by atomic mass is 9.89. The second-order valence-corrected chi connectivity index (χ2v) is 12.8. The molecule has 0 spiro atoms. The number of aromatic nitrogens is 1. The van der Waals surface area contributed by atoms with E-state index in [1.807, 2.05) is 54.6 Å². The molecule has 0 radical (unpaired) electrons. The first-order chi connectivity index (χ1) is 24.7. The molecule has 10 rings (SSSR count). The van der Waals surface area contributed by atoms with Crippen LogP contribution in [0, 0.1) is 11.3 Å². The molecule has 0 aliphatic rings. The van der Waals surface area contributed by atoms with Crippen LogP contribution in [0.4, 0.5) is 17.2 Å². The van der Waals surface area contributed by atoms with E-state index in [0.717, 1.165) is 50.3 Å². The normalized spacial score (nSPS) is 11.6. The number of hydrogen-bond acceptors (Lipinski definition) is 4. The quantitative estimate of drug-likeness (QED) is 0.176. The highest BCUT2D eigenvalue weighted by molar-refractivity contribution is 6.24. The fourth-order valence-corrected chi connectivity index (χ4v) is 7.46. The molecule has 0 aliphatic carbocycles. The highest BCUT2D eigenvalue weighted by atomic mass is 16.3. The van der Waals surface area contributed by atoms with E-state index in [1.165, 1.54) is 43.4 Å². The van der Waals surface area contributed by atoms with Crippen LogP contribution in [-0.4, -0.2) is 4.98 Å². The van der Waals surface area contributed by atoms with Crippen molar-refractivity contribution >= 4 is 71.4 Å². The number of para-hydroxylation sites is 1. The van der Waals surface area contributed by atoms with E-state index in [1.54, 1.807) is 6.20 Å². The van der Waals surface area contributed by atoms with E-state index < -0.39 is 0 Å². The molecule has 4 heteroatoms. The van der Waals surface area contributed by atoms with Crippen molar-refractivity contribution in [2.75, 3.05) is 4.90 Å². The van der Waals surface area contributed by atoms with E-state index >= 15 is 0 Å². The van der Waals surface area contributed by atoms with Crippen LogP contribution in [0.15, 0.2) is 168 Å². The Morgan fingerprint density at radius 3 is 1.66 bits per heavy atom. The molecule has 2 heterocycles. The zero-order valence-corrected chi connectivity index (χ0v) is 26.8. The Labute approximate surface area is 288 Å². The monoisotopic (exact) mass is 637 g/mol. The van der Waals surface area contributed by atoms with Gasteiger partial charge in [-0.1, -0.05) is 66.7 Å². The van der Waals surface area contributed by atoms with Gasteiger partial charge in [0.25, 0.3) is 0 Å². The summed E-state index contributed by atoms with van der Waals surface area (Å²) in [6.45, 7) is 0. The van der Waals surface area contributed by atoms with Crippen LogP contribution in [-0.2, 0) is 0 Å². The van der Waals surface area contributed by atoms with Crippen LogP contribution in [0.25, 0.3) is 76.5 Å². The molecule has 8 aromatic carbocycles. The minimum Gasteiger partial charge on any atom is -0.456 e. The van der Waals surface area contributed by atoms with Gasteiger partial charge in [-0.25, -0.2) is 4.98 Å².